The third-order valence-corrected chi connectivity index (χ3v) is 4.86. The lowest BCUT2D eigenvalue weighted by molar-refractivity contribution is 0.166. The zero-order valence-corrected chi connectivity index (χ0v) is 13.2. The summed E-state index contributed by atoms with van der Waals surface area (Å²) in [5, 5.41) is 4.19. The number of fused-ring (bicyclic) bond motifs is 2. The van der Waals surface area contributed by atoms with Crippen molar-refractivity contribution in [2.75, 3.05) is 7.05 Å². The fraction of sp³-hybridized carbons (Fsp3) is 0.600. The van der Waals surface area contributed by atoms with Crippen molar-refractivity contribution in [3.8, 4) is 0 Å². The molecule has 1 N–H and O–H groups in total. The summed E-state index contributed by atoms with van der Waals surface area (Å²) in [4.78, 5) is 2.37. The van der Waals surface area contributed by atoms with Gasteiger partial charge in [-0.1, -0.05) is 17.7 Å². The molecule has 2 nitrogen and oxygen atoms in total. The first-order chi connectivity index (χ1) is 9.11. The van der Waals surface area contributed by atoms with Crippen LogP contribution in [0.2, 0.25) is 5.02 Å². The highest BCUT2D eigenvalue weighted by Gasteiger charge is 2.35. The Balaban J connectivity index is 0.00000147. The zero-order chi connectivity index (χ0) is 13.4. The number of rotatable bonds is 3. The van der Waals surface area contributed by atoms with Crippen LogP contribution in [0.15, 0.2) is 18.2 Å². The zero-order valence-electron chi connectivity index (χ0n) is 11.6. The monoisotopic (exact) mass is 318 g/mol. The topological polar surface area (TPSA) is 15.3 Å². The third kappa shape index (κ3) is 3.45. The lowest BCUT2D eigenvalue weighted by Gasteiger charge is -2.35. The summed E-state index contributed by atoms with van der Waals surface area (Å²) >= 11 is 6.10. The molecule has 0 radical (unpaired) electrons. The van der Waals surface area contributed by atoms with Gasteiger partial charge in [-0.2, -0.15) is 0 Å². The highest BCUT2D eigenvalue weighted by molar-refractivity contribution is 6.31. The van der Waals surface area contributed by atoms with Gasteiger partial charge in [0.05, 0.1) is 0 Å². The lowest BCUT2D eigenvalue weighted by atomic mass is 9.98. The van der Waals surface area contributed by atoms with Gasteiger partial charge in [-0.3, -0.25) is 4.90 Å². The molecule has 0 amide bonds. The van der Waals surface area contributed by atoms with Gasteiger partial charge >= 0.3 is 0 Å². The van der Waals surface area contributed by atoms with Gasteiger partial charge in [0.25, 0.3) is 0 Å². The predicted octanol–water partition coefficient (Wildman–Crippen LogP) is 3.62. The Morgan fingerprint density at radius 1 is 1.30 bits per heavy atom. The van der Waals surface area contributed by atoms with Gasteiger partial charge in [-0.15, -0.1) is 12.4 Å². The molecule has 2 saturated heterocycles. The van der Waals surface area contributed by atoms with Crippen molar-refractivity contribution in [1.29, 1.82) is 0 Å². The van der Waals surface area contributed by atoms with Crippen molar-refractivity contribution in [2.24, 2.45) is 0 Å². The van der Waals surface area contributed by atoms with Crippen LogP contribution in [-0.4, -0.2) is 30.1 Å². The quantitative estimate of drug-likeness (QED) is 0.915. The molecule has 0 aliphatic carbocycles. The molecule has 1 aromatic carbocycles. The fourth-order valence-electron chi connectivity index (χ4n) is 3.43. The average molecular weight is 319 g/mol. The molecule has 2 heterocycles. The van der Waals surface area contributed by atoms with Crippen LogP contribution in [0, 0.1) is 5.82 Å². The van der Waals surface area contributed by atoms with Gasteiger partial charge < -0.3 is 5.32 Å². The molecule has 0 spiro atoms. The van der Waals surface area contributed by atoms with Crippen LogP contribution in [0.3, 0.4) is 0 Å². The summed E-state index contributed by atoms with van der Waals surface area (Å²) in [7, 11) is 2.15. The Morgan fingerprint density at radius 3 is 2.55 bits per heavy atom. The first-order valence-electron chi connectivity index (χ1n) is 7.02. The fourth-order valence-corrected chi connectivity index (χ4v) is 3.66. The molecule has 2 fully saturated rings. The van der Waals surface area contributed by atoms with E-state index in [1.54, 1.807) is 6.07 Å². The van der Waals surface area contributed by atoms with Crippen LogP contribution < -0.4 is 5.32 Å². The van der Waals surface area contributed by atoms with Gasteiger partial charge in [0.15, 0.2) is 0 Å². The summed E-state index contributed by atoms with van der Waals surface area (Å²) < 4.78 is 13.0. The number of nitrogens with one attached hydrogen (secondary N) is 1. The van der Waals surface area contributed by atoms with E-state index in [-0.39, 0.29) is 18.2 Å². The summed E-state index contributed by atoms with van der Waals surface area (Å²) in [6.45, 7) is 0.795. The van der Waals surface area contributed by atoms with E-state index < -0.39 is 0 Å². The minimum absolute atomic E-state index is 0. The third-order valence-electron chi connectivity index (χ3n) is 4.51. The van der Waals surface area contributed by atoms with E-state index in [2.05, 4.69) is 17.3 Å². The Labute approximate surface area is 131 Å². The number of nitrogens with zero attached hydrogens (tertiary/aromatic N) is 1. The van der Waals surface area contributed by atoms with Gasteiger partial charge in [0, 0.05) is 29.7 Å². The number of hydrogen-bond acceptors (Lipinski definition) is 2. The number of piperidine rings is 1. The molecule has 20 heavy (non-hydrogen) atoms. The summed E-state index contributed by atoms with van der Waals surface area (Å²) in [5.74, 6) is -0.267. The van der Waals surface area contributed by atoms with Crippen LogP contribution in [0.25, 0.3) is 0 Å². The molecule has 5 heteroatoms. The molecular formula is C15H21Cl2FN2. The second-order valence-electron chi connectivity index (χ2n) is 5.91. The van der Waals surface area contributed by atoms with E-state index in [1.807, 2.05) is 0 Å². The van der Waals surface area contributed by atoms with Crippen LogP contribution in [0.4, 0.5) is 4.39 Å². The second-order valence-corrected chi connectivity index (χ2v) is 6.32. The first-order valence-corrected chi connectivity index (χ1v) is 7.40. The molecular weight excluding hydrogens is 298 g/mol. The lowest BCUT2D eigenvalue weighted by Crippen LogP contribution is -2.46. The van der Waals surface area contributed by atoms with Gasteiger partial charge in [0.1, 0.15) is 5.82 Å². The standard InChI is InChI=1S/C15H20ClFN2.ClH/c1-19(9-10-2-3-11(17)6-15(10)16)14-7-12-4-5-13(8-14)18-12;/h2-3,6,12-14,18H,4-5,7-9H2,1H3;1H. The molecule has 2 atom stereocenters. The highest BCUT2D eigenvalue weighted by atomic mass is 35.5. The molecule has 0 aromatic heterocycles. The van der Waals surface area contributed by atoms with E-state index in [1.165, 1.54) is 37.8 Å². The molecule has 112 valence electrons. The van der Waals surface area contributed by atoms with E-state index in [9.17, 15) is 4.39 Å². The maximum atomic E-state index is 13.0. The number of halogens is 3. The maximum Gasteiger partial charge on any atom is 0.124 e. The van der Waals surface area contributed by atoms with Gasteiger partial charge in [0.2, 0.25) is 0 Å². The van der Waals surface area contributed by atoms with E-state index in [0.717, 1.165) is 12.1 Å². The molecule has 2 bridgehead atoms. The minimum Gasteiger partial charge on any atom is -0.311 e. The predicted molar refractivity (Wildman–Crippen MR) is 83.1 cm³/mol. The van der Waals surface area contributed by atoms with Crippen LogP contribution in [0.1, 0.15) is 31.2 Å². The van der Waals surface area contributed by atoms with E-state index in [0.29, 0.717) is 23.1 Å². The second kappa shape index (κ2) is 6.61. The van der Waals surface area contributed by atoms with Crippen molar-refractivity contribution in [2.45, 2.75) is 50.4 Å². The number of benzene rings is 1. The Hall–Kier alpha value is -0.350. The maximum absolute atomic E-state index is 13.0. The molecule has 1 aromatic rings. The van der Waals surface area contributed by atoms with Crippen molar-refractivity contribution < 1.29 is 4.39 Å². The smallest absolute Gasteiger partial charge is 0.124 e. The molecule has 2 aliphatic heterocycles. The molecule has 2 unspecified atom stereocenters. The minimum atomic E-state index is -0.267. The van der Waals surface area contributed by atoms with Crippen LogP contribution >= 0.6 is 24.0 Å². The van der Waals surface area contributed by atoms with E-state index in [4.69, 9.17) is 11.6 Å². The van der Waals surface area contributed by atoms with Crippen molar-refractivity contribution >= 4 is 24.0 Å². The number of hydrogen-bond donors (Lipinski definition) is 1. The SMILES string of the molecule is CN(Cc1ccc(F)cc1Cl)C1CC2CCC(C1)N2.Cl. The normalized spacial score (nSPS) is 28.5. The largest absolute Gasteiger partial charge is 0.311 e. The van der Waals surface area contributed by atoms with Crippen LogP contribution in [0.5, 0.6) is 0 Å². The van der Waals surface area contributed by atoms with Crippen molar-refractivity contribution in [3.05, 3.63) is 34.6 Å². The summed E-state index contributed by atoms with van der Waals surface area (Å²) in [5.41, 5.74) is 1.01. The Kier molecular flexibility index (Phi) is 5.30. The highest BCUT2D eigenvalue weighted by Crippen LogP contribution is 2.30. The van der Waals surface area contributed by atoms with Gasteiger partial charge in [-0.05, 0) is 50.4 Å². The Bertz CT molecular complexity index is 457. The van der Waals surface area contributed by atoms with Gasteiger partial charge in [-0.25, -0.2) is 4.39 Å². The van der Waals surface area contributed by atoms with Crippen LogP contribution in [-0.2, 0) is 6.54 Å². The summed E-state index contributed by atoms with van der Waals surface area (Å²) in [6, 6.07) is 6.67. The van der Waals surface area contributed by atoms with E-state index >= 15 is 0 Å². The average Bonchev–Trinajstić information content (AvgIpc) is 2.71. The molecule has 0 saturated carbocycles. The molecule has 2 aliphatic rings. The summed E-state index contributed by atoms with van der Waals surface area (Å²) in [6.07, 6.45) is 5.05. The van der Waals surface area contributed by atoms with Crippen molar-refractivity contribution in [1.82, 2.24) is 10.2 Å². The molecule has 3 rings (SSSR count). The van der Waals surface area contributed by atoms with Crippen molar-refractivity contribution in [3.63, 3.8) is 0 Å². The first kappa shape index (κ1) is 16.0. The Morgan fingerprint density at radius 2 is 1.95 bits per heavy atom.